The van der Waals surface area contributed by atoms with Crippen LogP contribution in [0.15, 0.2) is 53.4 Å². The Balaban J connectivity index is 1.59. The molecule has 0 radical (unpaired) electrons. The molecule has 3 aromatic rings. The van der Waals surface area contributed by atoms with Crippen LogP contribution in [0.4, 0.5) is 5.13 Å². The van der Waals surface area contributed by atoms with Gasteiger partial charge in [-0.15, -0.1) is 0 Å². The molecule has 1 aromatic heterocycles. The molecule has 0 fully saturated rings. The second-order valence-electron chi connectivity index (χ2n) is 6.95. The van der Waals surface area contributed by atoms with Crippen molar-refractivity contribution in [3.63, 3.8) is 0 Å². The van der Waals surface area contributed by atoms with E-state index in [2.05, 4.69) is 9.36 Å². The predicted octanol–water partition coefficient (Wildman–Crippen LogP) is 2.90. The van der Waals surface area contributed by atoms with E-state index < -0.39 is 10.0 Å². The molecule has 0 saturated heterocycles. The van der Waals surface area contributed by atoms with Crippen LogP contribution in [0, 0.1) is 0 Å². The van der Waals surface area contributed by atoms with Crippen LogP contribution in [0.3, 0.4) is 0 Å². The minimum atomic E-state index is -3.58. The molecule has 0 aliphatic rings. The average Bonchev–Trinajstić information content (AvgIpc) is 3.25. The number of anilines is 1. The minimum Gasteiger partial charge on any atom is -0.497 e. The van der Waals surface area contributed by atoms with Crippen LogP contribution in [-0.4, -0.2) is 63.5 Å². The Kier molecular flexibility index (Phi) is 7.47. The maximum atomic E-state index is 12.8. The molecule has 1 heterocycles. The van der Waals surface area contributed by atoms with Gasteiger partial charge in [0.05, 0.1) is 19.1 Å². The molecule has 10 heteroatoms. The highest BCUT2D eigenvalue weighted by molar-refractivity contribution is 7.89. The molecule has 31 heavy (non-hydrogen) atoms. The molecule has 166 valence electrons. The second kappa shape index (κ2) is 10.1. The van der Waals surface area contributed by atoms with Gasteiger partial charge >= 0.3 is 0 Å². The fraction of sp³-hybridized carbons (Fsp3) is 0.333. The van der Waals surface area contributed by atoms with Gasteiger partial charge in [0, 0.05) is 45.1 Å². The van der Waals surface area contributed by atoms with Crippen LogP contribution in [0.2, 0.25) is 0 Å². The summed E-state index contributed by atoms with van der Waals surface area (Å²) >= 11 is 1.30. The van der Waals surface area contributed by atoms with Crippen LogP contribution in [0.5, 0.6) is 11.5 Å². The van der Waals surface area contributed by atoms with Crippen LogP contribution < -0.4 is 14.4 Å². The summed E-state index contributed by atoms with van der Waals surface area (Å²) in [7, 11) is 3.05. The Hall–Kier alpha value is -2.69. The van der Waals surface area contributed by atoms with Gasteiger partial charge in [-0.25, -0.2) is 13.4 Å². The first kappa shape index (κ1) is 23.0. The van der Waals surface area contributed by atoms with E-state index in [4.69, 9.17) is 9.47 Å². The summed E-state index contributed by atoms with van der Waals surface area (Å²) < 4.78 is 41.7. The number of benzene rings is 2. The highest BCUT2D eigenvalue weighted by Gasteiger charge is 2.21. The van der Waals surface area contributed by atoms with E-state index in [1.54, 1.807) is 45.5 Å². The number of hydrogen-bond acceptors (Lipinski definition) is 8. The third-order valence-electron chi connectivity index (χ3n) is 4.80. The molecule has 0 atom stereocenters. The van der Waals surface area contributed by atoms with Gasteiger partial charge in [-0.3, -0.25) is 0 Å². The normalized spacial score (nSPS) is 11.5. The molecule has 0 aliphatic heterocycles. The summed E-state index contributed by atoms with van der Waals surface area (Å²) in [4.78, 5) is 6.73. The van der Waals surface area contributed by atoms with E-state index in [0.717, 1.165) is 22.3 Å². The first-order valence-electron chi connectivity index (χ1n) is 9.60. The van der Waals surface area contributed by atoms with E-state index in [1.807, 2.05) is 36.2 Å². The van der Waals surface area contributed by atoms with Gasteiger partial charge in [0.2, 0.25) is 15.2 Å². The molecular formula is C21H26N4O4S2. The quantitative estimate of drug-likeness (QED) is 0.458. The zero-order chi connectivity index (χ0) is 22.4. The molecule has 0 N–H and O–H groups in total. The highest BCUT2D eigenvalue weighted by Crippen LogP contribution is 2.21. The summed E-state index contributed by atoms with van der Waals surface area (Å²) in [6.07, 6.45) is 0.604. The third kappa shape index (κ3) is 5.72. The van der Waals surface area contributed by atoms with Crippen molar-refractivity contribution >= 4 is 26.7 Å². The molecule has 8 nitrogen and oxygen atoms in total. The molecule has 0 aliphatic carbocycles. The molecular weight excluding hydrogens is 436 g/mol. The van der Waals surface area contributed by atoms with Crippen molar-refractivity contribution in [2.24, 2.45) is 0 Å². The van der Waals surface area contributed by atoms with Gasteiger partial charge in [0.1, 0.15) is 17.3 Å². The second-order valence-corrected chi connectivity index (χ2v) is 9.72. The summed E-state index contributed by atoms with van der Waals surface area (Å²) in [5.74, 6) is 2.13. The lowest BCUT2D eigenvalue weighted by Crippen LogP contribution is -2.34. The zero-order valence-corrected chi connectivity index (χ0v) is 19.6. The highest BCUT2D eigenvalue weighted by atomic mass is 32.2. The molecule has 0 unspecified atom stereocenters. The zero-order valence-electron chi connectivity index (χ0n) is 18.0. The first-order valence-corrected chi connectivity index (χ1v) is 11.8. The summed E-state index contributed by atoms with van der Waals surface area (Å²) in [6, 6.07) is 14.2. The number of hydrogen-bond donors (Lipinski definition) is 0. The van der Waals surface area contributed by atoms with Crippen LogP contribution in [0.25, 0.3) is 0 Å². The van der Waals surface area contributed by atoms with Gasteiger partial charge in [-0.05, 0) is 42.0 Å². The van der Waals surface area contributed by atoms with E-state index >= 15 is 0 Å². The lowest BCUT2D eigenvalue weighted by Gasteiger charge is -2.21. The Morgan fingerprint density at radius 3 is 2.35 bits per heavy atom. The van der Waals surface area contributed by atoms with Crippen molar-refractivity contribution < 1.29 is 17.9 Å². The lowest BCUT2D eigenvalue weighted by atomic mass is 10.1. The smallest absolute Gasteiger partial charge is 0.242 e. The van der Waals surface area contributed by atoms with Gasteiger partial charge in [0.15, 0.2) is 0 Å². The van der Waals surface area contributed by atoms with E-state index in [1.165, 1.54) is 15.8 Å². The molecule has 3 rings (SSSR count). The lowest BCUT2D eigenvalue weighted by molar-refractivity contribution is 0.414. The van der Waals surface area contributed by atoms with E-state index in [9.17, 15) is 8.42 Å². The van der Waals surface area contributed by atoms with E-state index in [0.29, 0.717) is 25.3 Å². The summed E-state index contributed by atoms with van der Waals surface area (Å²) in [5.41, 5.74) is 1.07. The van der Waals surface area contributed by atoms with Gasteiger partial charge in [-0.2, -0.15) is 8.68 Å². The SMILES string of the molecule is COc1ccc(S(=O)(=O)N(C)CCN(C)c2nc(Cc3cccc(OC)c3)ns2)cc1. The number of rotatable bonds is 10. The molecule has 0 bridgehead atoms. The van der Waals surface area contributed by atoms with Crippen molar-refractivity contribution in [2.75, 3.05) is 46.3 Å². The summed E-state index contributed by atoms with van der Waals surface area (Å²) in [5, 5.41) is 0.744. The standard InChI is InChI=1S/C21H26N4O4S2/c1-24(12-13-25(2)31(26,27)19-10-8-17(28-3)9-11-19)21-22-20(23-30-21)15-16-6-5-7-18(14-16)29-4/h5-11,14H,12-13,15H2,1-4H3. The van der Waals surface area contributed by atoms with Crippen molar-refractivity contribution in [3.8, 4) is 11.5 Å². The Morgan fingerprint density at radius 2 is 1.68 bits per heavy atom. The monoisotopic (exact) mass is 462 g/mol. The number of aromatic nitrogens is 2. The summed E-state index contributed by atoms with van der Waals surface area (Å²) in [6.45, 7) is 0.801. The number of sulfonamides is 1. The van der Waals surface area contributed by atoms with Gasteiger partial charge in [-0.1, -0.05) is 12.1 Å². The van der Waals surface area contributed by atoms with Crippen LogP contribution >= 0.6 is 11.5 Å². The molecule has 2 aromatic carbocycles. The van der Waals surface area contributed by atoms with Crippen LogP contribution in [0.1, 0.15) is 11.4 Å². The largest absolute Gasteiger partial charge is 0.497 e. The first-order chi connectivity index (χ1) is 14.8. The van der Waals surface area contributed by atoms with Gasteiger partial charge in [0.25, 0.3) is 0 Å². The Morgan fingerprint density at radius 1 is 0.968 bits per heavy atom. The minimum absolute atomic E-state index is 0.231. The molecule has 0 spiro atoms. The maximum Gasteiger partial charge on any atom is 0.242 e. The Labute approximate surface area is 187 Å². The number of methoxy groups -OCH3 is 2. The average molecular weight is 463 g/mol. The van der Waals surface area contributed by atoms with Crippen LogP contribution in [-0.2, 0) is 16.4 Å². The number of likely N-dealkylation sites (N-methyl/N-ethyl adjacent to an activating group) is 2. The number of nitrogens with zero attached hydrogens (tertiary/aromatic N) is 4. The van der Waals surface area contributed by atoms with Crippen molar-refractivity contribution in [2.45, 2.75) is 11.3 Å². The number of ether oxygens (including phenoxy) is 2. The third-order valence-corrected chi connectivity index (χ3v) is 7.54. The van der Waals surface area contributed by atoms with E-state index in [-0.39, 0.29) is 4.90 Å². The fourth-order valence-electron chi connectivity index (χ4n) is 2.87. The fourth-order valence-corrected chi connectivity index (χ4v) is 4.70. The van der Waals surface area contributed by atoms with Gasteiger partial charge < -0.3 is 14.4 Å². The molecule has 0 amide bonds. The molecule has 0 saturated carbocycles. The maximum absolute atomic E-state index is 12.8. The van der Waals surface area contributed by atoms with Crippen molar-refractivity contribution in [1.29, 1.82) is 0 Å². The topological polar surface area (TPSA) is 84.9 Å². The Bertz CT molecular complexity index is 1100. The predicted molar refractivity (Wildman–Crippen MR) is 122 cm³/mol. The van der Waals surface area contributed by atoms with Crippen molar-refractivity contribution in [1.82, 2.24) is 13.7 Å². The van der Waals surface area contributed by atoms with Crippen molar-refractivity contribution in [3.05, 3.63) is 59.9 Å².